The van der Waals surface area contributed by atoms with Crippen LogP contribution in [0.1, 0.15) is 0 Å². The smallest absolute Gasteiger partial charge is 0.0715 e. The third-order valence-electron chi connectivity index (χ3n) is 11.5. The summed E-state index contributed by atoms with van der Waals surface area (Å²) >= 11 is 1.88. The molecule has 0 aliphatic rings. The van der Waals surface area contributed by atoms with E-state index in [1.807, 2.05) is 11.3 Å². The molecule has 0 fully saturated rings. The molecular weight excluding hydrogens is 711 g/mol. The SMILES string of the molecule is c1ccc(-c2cc(-c3ccccc3)nc(-c3ccc(-n4c5ccccc5c5cc6c7ccccc7n(-c7cccc8c7sc7ccccc78)c6cc54)cc3)c2)cc1. The summed E-state index contributed by atoms with van der Waals surface area (Å²) in [6, 6.07) is 72.4. The Labute approximate surface area is 333 Å². The number of hydrogen-bond acceptors (Lipinski definition) is 2. The van der Waals surface area contributed by atoms with Crippen LogP contribution in [0.4, 0.5) is 0 Å². The van der Waals surface area contributed by atoms with Crippen LogP contribution in [0.3, 0.4) is 0 Å². The number of benzene rings is 8. The fraction of sp³-hybridized carbons (Fsp3) is 0. The van der Waals surface area contributed by atoms with Gasteiger partial charge < -0.3 is 9.13 Å². The normalized spacial score (nSPS) is 11.9. The van der Waals surface area contributed by atoms with E-state index in [1.54, 1.807) is 0 Å². The summed E-state index contributed by atoms with van der Waals surface area (Å²) in [7, 11) is 0. The lowest BCUT2D eigenvalue weighted by Crippen LogP contribution is -1.96. The number of thiophene rings is 1. The molecule has 12 aromatic rings. The molecule has 0 N–H and O–H groups in total. The van der Waals surface area contributed by atoms with Crippen molar-refractivity contribution in [3.8, 4) is 45.0 Å². The van der Waals surface area contributed by atoms with E-state index >= 15 is 0 Å². The van der Waals surface area contributed by atoms with Gasteiger partial charge in [0.05, 0.1) is 43.8 Å². The number of para-hydroxylation sites is 2. The third kappa shape index (κ3) is 5.01. The van der Waals surface area contributed by atoms with Crippen LogP contribution in [0.5, 0.6) is 0 Å². The zero-order valence-corrected chi connectivity index (χ0v) is 31.6. The highest BCUT2D eigenvalue weighted by Crippen LogP contribution is 2.43. The van der Waals surface area contributed by atoms with Crippen molar-refractivity contribution in [2.75, 3.05) is 0 Å². The third-order valence-corrected chi connectivity index (χ3v) is 12.7. The largest absolute Gasteiger partial charge is 0.309 e. The van der Waals surface area contributed by atoms with E-state index in [9.17, 15) is 0 Å². The molecule has 0 atom stereocenters. The molecule has 0 spiro atoms. The molecule has 266 valence electrons. The molecule has 0 saturated heterocycles. The maximum Gasteiger partial charge on any atom is 0.0715 e. The number of nitrogens with zero attached hydrogens (tertiary/aromatic N) is 3. The Morgan fingerprint density at radius 2 is 0.877 bits per heavy atom. The van der Waals surface area contributed by atoms with Gasteiger partial charge in [-0.2, -0.15) is 0 Å². The molecule has 4 heterocycles. The second-order valence-corrected chi connectivity index (χ2v) is 15.8. The van der Waals surface area contributed by atoms with Gasteiger partial charge in [0.1, 0.15) is 0 Å². The molecule has 8 aromatic carbocycles. The van der Waals surface area contributed by atoms with Crippen molar-refractivity contribution < 1.29 is 0 Å². The first-order valence-electron chi connectivity index (χ1n) is 19.4. The molecule has 4 aromatic heterocycles. The molecule has 0 radical (unpaired) electrons. The number of pyridine rings is 1. The molecule has 0 saturated carbocycles. The Morgan fingerprint density at radius 3 is 1.58 bits per heavy atom. The van der Waals surface area contributed by atoms with E-state index in [-0.39, 0.29) is 0 Å². The van der Waals surface area contributed by atoms with Gasteiger partial charge in [-0.3, -0.25) is 0 Å². The zero-order chi connectivity index (χ0) is 37.5. The monoisotopic (exact) mass is 743 g/mol. The quantitative estimate of drug-likeness (QED) is 0.172. The lowest BCUT2D eigenvalue weighted by Gasteiger charge is -2.13. The van der Waals surface area contributed by atoms with Crippen LogP contribution in [0.25, 0.3) is 109 Å². The van der Waals surface area contributed by atoms with Crippen LogP contribution in [-0.2, 0) is 0 Å². The van der Waals surface area contributed by atoms with Crippen molar-refractivity contribution in [1.82, 2.24) is 14.1 Å². The number of rotatable bonds is 5. The van der Waals surface area contributed by atoms with Crippen LogP contribution >= 0.6 is 11.3 Å². The Morgan fingerprint density at radius 1 is 0.333 bits per heavy atom. The molecule has 0 bridgehead atoms. The van der Waals surface area contributed by atoms with Crippen molar-refractivity contribution in [1.29, 1.82) is 0 Å². The highest BCUT2D eigenvalue weighted by Gasteiger charge is 2.20. The van der Waals surface area contributed by atoms with Gasteiger partial charge in [-0.05, 0) is 71.8 Å². The first kappa shape index (κ1) is 32.0. The van der Waals surface area contributed by atoms with Crippen LogP contribution < -0.4 is 0 Å². The minimum Gasteiger partial charge on any atom is -0.309 e. The predicted octanol–water partition coefficient (Wildman–Crippen LogP) is 14.6. The van der Waals surface area contributed by atoms with E-state index in [1.165, 1.54) is 75.0 Å². The molecule has 0 amide bonds. The maximum absolute atomic E-state index is 5.21. The molecular formula is C53H33N3S. The van der Waals surface area contributed by atoms with Crippen LogP contribution in [0, 0.1) is 0 Å². The summed E-state index contributed by atoms with van der Waals surface area (Å²) in [5.41, 5.74) is 13.5. The van der Waals surface area contributed by atoms with E-state index < -0.39 is 0 Å². The van der Waals surface area contributed by atoms with Gasteiger partial charge in [-0.25, -0.2) is 4.98 Å². The van der Waals surface area contributed by atoms with Gasteiger partial charge in [0.15, 0.2) is 0 Å². The van der Waals surface area contributed by atoms with Crippen molar-refractivity contribution in [2.24, 2.45) is 0 Å². The Kier molecular flexibility index (Phi) is 7.10. The summed E-state index contributed by atoms with van der Waals surface area (Å²) in [6.45, 7) is 0. The maximum atomic E-state index is 5.21. The standard InChI is InChI=1S/C53H33N3S/c1-3-14-34(15-4-1)37-30-45(35-16-5-2-6-17-35)54-46(31-37)36-26-28-38(29-27-36)55-47-22-10-7-18-39(47)43-32-44-40-19-8-11-23-48(40)56(51(44)33-50(43)55)49-24-13-21-42-41-20-9-12-25-52(41)57-53(42)49/h1-33H. The summed E-state index contributed by atoms with van der Waals surface area (Å²) in [4.78, 5) is 5.21. The average Bonchev–Trinajstić information content (AvgIpc) is 3.94. The summed E-state index contributed by atoms with van der Waals surface area (Å²) < 4.78 is 7.53. The van der Waals surface area contributed by atoms with Crippen LogP contribution in [0.2, 0.25) is 0 Å². The van der Waals surface area contributed by atoms with Gasteiger partial charge in [-0.15, -0.1) is 11.3 Å². The lowest BCUT2D eigenvalue weighted by atomic mass is 10.00. The molecule has 4 heteroatoms. The van der Waals surface area contributed by atoms with Gasteiger partial charge in [0, 0.05) is 53.8 Å². The second kappa shape index (κ2) is 12.6. The predicted molar refractivity (Wildman–Crippen MR) is 242 cm³/mol. The highest BCUT2D eigenvalue weighted by atomic mass is 32.1. The Bertz CT molecular complexity index is 3440. The zero-order valence-electron chi connectivity index (χ0n) is 30.8. The van der Waals surface area contributed by atoms with Crippen molar-refractivity contribution in [3.05, 3.63) is 200 Å². The first-order chi connectivity index (χ1) is 28.3. The summed E-state index contributed by atoms with van der Waals surface area (Å²) in [5.74, 6) is 0. The fourth-order valence-corrected chi connectivity index (χ4v) is 10.1. The highest BCUT2D eigenvalue weighted by molar-refractivity contribution is 7.26. The lowest BCUT2D eigenvalue weighted by molar-refractivity contribution is 1.17. The molecule has 3 nitrogen and oxygen atoms in total. The minimum absolute atomic E-state index is 0.950. The molecule has 0 aliphatic heterocycles. The van der Waals surface area contributed by atoms with E-state index in [2.05, 4.69) is 209 Å². The van der Waals surface area contributed by atoms with Crippen LogP contribution in [0.15, 0.2) is 200 Å². The summed E-state index contributed by atoms with van der Waals surface area (Å²) in [5, 5.41) is 7.61. The Balaban J connectivity index is 1.07. The van der Waals surface area contributed by atoms with E-state index in [4.69, 9.17) is 4.98 Å². The van der Waals surface area contributed by atoms with Gasteiger partial charge in [0.25, 0.3) is 0 Å². The van der Waals surface area contributed by atoms with E-state index in [0.717, 1.165) is 33.8 Å². The molecule has 57 heavy (non-hydrogen) atoms. The topological polar surface area (TPSA) is 22.8 Å². The first-order valence-corrected chi connectivity index (χ1v) is 20.2. The molecule has 0 unspecified atom stereocenters. The minimum atomic E-state index is 0.950. The average molecular weight is 744 g/mol. The van der Waals surface area contributed by atoms with Gasteiger partial charge in [0.2, 0.25) is 0 Å². The second-order valence-electron chi connectivity index (χ2n) is 14.7. The number of fused-ring (bicyclic) bond motifs is 9. The van der Waals surface area contributed by atoms with Crippen molar-refractivity contribution in [2.45, 2.75) is 0 Å². The number of aromatic nitrogens is 3. The Hall–Kier alpha value is -7.27. The molecule has 12 rings (SSSR count). The molecule has 0 aliphatic carbocycles. The fourth-order valence-electron chi connectivity index (χ4n) is 8.89. The van der Waals surface area contributed by atoms with Crippen molar-refractivity contribution >= 4 is 75.1 Å². The van der Waals surface area contributed by atoms with Crippen LogP contribution in [-0.4, -0.2) is 14.1 Å². The summed E-state index contributed by atoms with van der Waals surface area (Å²) in [6.07, 6.45) is 0. The van der Waals surface area contributed by atoms with Gasteiger partial charge >= 0.3 is 0 Å². The van der Waals surface area contributed by atoms with Gasteiger partial charge in [-0.1, -0.05) is 140 Å². The van der Waals surface area contributed by atoms with E-state index in [0.29, 0.717) is 0 Å². The van der Waals surface area contributed by atoms with Crippen molar-refractivity contribution in [3.63, 3.8) is 0 Å². The number of hydrogen-bond donors (Lipinski definition) is 0.